The van der Waals surface area contributed by atoms with E-state index in [4.69, 9.17) is 16.3 Å². The first-order chi connectivity index (χ1) is 8.52. The van der Waals surface area contributed by atoms with Gasteiger partial charge in [0.2, 0.25) is 0 Å². The molecule has 108 valence electrons. The first-order valence-corrected chi connectivity index (χ1v) is 5.65. The lowest BCUT2D eigenvalue weighted by Crippen LogP contribution is -2.43. The number of ether oxygens (including phenoxy) is 1. The van der Waals surface area contributed by atoms with Gasteiger partial charge in [0.15, 0.2) is 0 Å². The van der Waals surface area contributed by atoms with Crippen molar-refractivity contribution in [3.05, 3.63) is 34.9 Å². The molecule has 1 atom stereocenters. The molecule has 7 heteroatoms. The zero-order chi connectivity index (χ0) is 14.9. The van der Waals surface area contributed by atoms with E-state index >= 15 is 0 Å². The van der Waals surface area contributed by atoms with E-state index in [-0.39, 0.29) is 10.6 Å². The van der Waals surface area contributed by atoms with Gasteiger partial charge in [0.05, 0.1) is 12.0 Å². The van der Waals surface area contributed by atoms with Crippen LogP contribution in [0.5, 0.6) is 0 Å². The predicted octanol–water partition coefficient (Wildman–Crippen LogP) is 4.79. The van der Waals surface area contributed by atoms with Crippen LogP contribution in [0, 0.1) is 0 Å². The van der Waals surface area contributed by atoms with Crippen molar-refractivity contribution in [1.29, 1.82) is 0 Å². The first-order valence-electron chi connectivity index (χ1n) is 5.27. The van der Waals surface area contributed by atoms with Crippen molar-refractivity contribution in [2.45, 2.75) is 31.0 Å². The summed E-state index contributed by atoms with van der Waals surface area (Å²) >= 11 is 5.70. The fourth-order valence-corrected chi connectivity index (χ4v) is 1.82. The van der Waals surface area contributed by atoms with E-state index in [0.717, 1.165) is 14.0 Å². The van der Waals surface area contributed by atoms with Crippen LogP contribution < -0.4 is 0 Å². The number of hydrogen-bond acceptors (Lipinski definition) is 1. The van der Waals surface area contributed by atoms with Crippen molar-refractivity contribution in [3.8, 4) is 0 Å². The van der Waals surface area contributed by atoms with Crippen LogP contribution in [-0.4, -0.2) is 19.2 Å². The summed E-state index contributed by atoms with van der Waals surface area (Å²) in [5.41, 5.74) is -1.63. The quantitative estimate of drug-likeness (QED) is 0.727. The maximum Gasteiger partial charge on any atom is 0.453 e. The first kappa shape index (κ1) is 16.2. The fraction of sp³-hybridized carbons (Fsp3) is 0.500. The predicted molar refractivity (Wildman–Crippen MR) is 61.4 cm³/mol. The third-order valence-electron chi connectivity index (χ3n) is 2.86. The highest BCUT2D eigenvalue weighted by atomic mass is 35.5. The van der Waals surface area contributed by atoms with Gasteiger partial charge in [-0.3, -0.25) is 0 Å². The Morgan fingerprint density at radius 2 is 1.74 bits per heavy atom. The fourth-order valence-electron chi connectivity index (χ4n) is 1.63. The Kier molecular flexibility index (Phi) is 4.47. The van der Waals surface area contributed by atoms with E-state index in [1.54, 1.807) is 0 Å². The number of hydrogen-bond donors (Lipinski definition) is 0. The Morgan fingerprint density at radius 1 is 1.16 bits per heavy atom. The van der Waals surface area contributed by atoms with Crippen molar-refractivity contribution in [3.63, 3.8) is 0 Å². The minimum atomic E-state index is -5.62. The summed E-state index contributed by atoms with van der Waals surface area (Å²) in [6, 6.07) is 5.64. The highest BCUT2D eigenvalue weighted by molar-refractivity contribution is 6.30. The summed E-state index contributed by atoms with van der Waals surface area (Å²) in [7, 11) is 1.08. The molecular weight excluding hydrogens is 291 g/mol. The lowest BCUT2D eigenvalue weighted by Gasteiger charge is -2.33. The van der Waals surface area contributed by atoms with Crippen LogP contribution in [0.4, 0.5) is 22.0 Å². The Labute approximate surface area is 112 Å². The van der Waals surface area contributed by atoms with Gasteiger partial charge >= 0.3 is 12.1 Å². The molecular formula is C12H12ClF5O. The summed E-state index contributed by atoms with van der Waals surface area (Å²) in [5.74, 6) is -4.85. The van der Waals surface area contributed by atoms with Gasteiger partial charge in [-0.15, -0.1) is 0 Å². The van der Waals surface area contributed by atoms with Gasteiger partial charge in [-0.2, -0.15) is 22.0 Å². The molecule has 0 saturated heterocycles. The number of rotatable bonds is 4. The minimum Gasteiger partial charge on any atom is -0.374 e. The molecule has 1 rings (SSSR count). The Morgan fingerprint density at radius 3 is 2.16 bits per heavy atom. The van der Waals surface area contributed by atoms with Crippen molar-refractivity contribution < 1.29 is 26.7 Å². The van der Waals surface area contributed by atoms with E-state index in [1.807, 2.05) is 0 Å². The monoisotopic (exact) mass is 302 g/mol. The minimum absolute atomic E-state index is 0.159. The van der Waals surface area contributed by atoms with Crippen molar-refractivity contribution >= 4 is 11.6 Å². The molecule has 0 heterocycles. The van der Waals surface area contributed by atoms with Gasteiger partial charge in [0, 0.05) is 12.1 Å². The van der Waals surface area contributed by atoms with Crippen LogP contribution in [0.15, 0.2) is 24.3 Å². The molecule has 1 unspecified atom stereocenters. The summed E-state index contributed by atoms with van der Waals surface area (Å²) in [5, 5.41) is 0.233. The lowest BCUT2D eigenvalue weighted by atomic mass is 9.89. The molecule has 0 radical (unpaired) electrons. The second-order valence-corrected chi connectivity index (χ2v) is 4.76. The number of alkyl halides is 5. The molecule has 19 heavy (non-hydrogen) atoms. The van der Waals surface area contributed by atoms with E-state index < -0.39 is 24.1 Å². The molecule has 0 amide bonds. The molecule has 0 saturated carbocycles. The maximum absolute atomic E-state index is 13.2. The summed E-state index contributed by atoms with van der Waals surface area (Å²) < 4.78 is 68.0. The molecule has 1 aromatic rings. The van der Waals surface area contributed by atoms with Crippen LogP contribution in [0.25, 0.3) is 0 Å². The zero-order valence-electron chi connectivity index (χ0n) is 10.2. The largest absolute Gasteiger partial charge is 0.453 e. The van der Waals surface area contributed by atoms with Gasteiger partial charge in [-0.05, 0) is 24.6 Å². The number of halogens is 6. The Balaban J connectivity index is 3.12. The molecule has 0 aliphatic carbocycles. The molecule has 0 aliphatic rings. The molecule has 0 aromatic heterocycles. The SMILES string of the molecule is COC(C)(CC(F)(F)C(F)(F)F)c1cccc(Cl)c1. The second-order valence-electron chi connectivity index (χ2n) is 4.32. The Hall–Kier alpha value is -0.880. The zero-order valence-corrected chi connectivity index (χ0v) is 10.9. The number of methoxy groups -OCH3 is 1. The van der Waals surface area contributed by atoms with Gasteiger partial charge in [0.1, 0.15) is 0 Å². The van der Waals surface area contributed by atoms with Crippen LogP contribution in [0.2, 0.25) is 5.02 Å². The van der Waals surface area contributed by atoms with E-state index in [9.17, 15) is 22.0 Å². The van der Waals surface area contributed by atoms with E-state index in [0.29, 0.717) is 0 Å². The summed E-state index contributed by atoms with van der Waals surface area (Å²) in [6.45, 7) is 1.16. The Bertz CT molecular complexity index is 446. The van der Waals surface area contributed by atoms with Gasteiger partial charge < -0.3 is 4.74 Å². The van der Waals surface area contributed by atoms with Gasteiger partial charge in [-0.25, -0.2) is 0 Å². The molecule has 0 aliphatic heterocycles. The van der Waals surface area contributed by atoms with Crippen molar-refractivity contribution in [1.82, 2.24) is 0 Å². The summed E-state index contributed by atoms with van der Waals surface area (Å²) in [6.07, 6.45) is -7.13. The third kappa shape index (κ3) is 3.57. The van der Waals surface area contributed by atoms with Crippen molar-refractivity contribution in [2.75, 3.05) is 7.11 Å². The smallest absolute Gasteiger partial charge is 0.374 e. The van der Waals surface area contributed by atoms with Crippen molar-refractivity contribution in [2.24, 2.45) is 0 Å². The third-order valence-corrected chi connectivity index (χ3v) is 3.09. The maximum atomic E-state index is 13.2. The van der Waals surface area contributed by atoms with Crippen LogP contribution in [-0.2, 0) is 10.3 Å². The standard InChI is InChI=1S/C12H12ClF5O/c1-10(19-2,7-11(14,15)12(16,17)18)8-4-3-5-9(13)6-8/h3-6H,7H2,1-2H3. The topological polar surface area (TPSA) is 9.23 Å². The lowest BCUT2D eigenvalue weighted by molar-refractivity contribution is -0.298. The molecule has 1 aromatic carbocycles. The number of benzene rings is 1. The molecule has 0 spiro atoms. The normalized spacial score (nSPS) is 16.2. The second kappa shape index (κ2) is 5.25. The van der Waals surface area contributed by atoms with Gasteiger partial charge in [-0.1, -0.05) is 23.7 Å². The highest BCUT2D eigenvalue weighted by Gasteiger charge is 2.60. The average molecular weight is 303 g/mol. The molecule has 0 N–H and O–H groups in total. The van der Waals surface area contributed by atoms with Crippen LogP contribution >= 0.6 is 11.6 Å². The average Bonchev–Trinajstić information content (AvgIpc) is 2.26. The van der Waals surface area contributed by atoms with Crippen LogP contribution in [0.3, 0.4) is 0 Å². The molecule has 0 fully saturated rings. The van der Waals surface area contributed by atoms with Crippen LogP contribution in [0.1, 0.15) is 18.9 Å². The molecule has 1 nitrogen and oxygen atoms in total. The van der Waals surface area contributed by atoms with E-state index in [1.165, 1.54) is 24.3 Å². The highest BCUT2D eigenvalue weighted by Crippen LogP contribution is 2.45. The summed E-state index contributed by atoms with van der Waals surface area (Å²) in [4.78, 5) is 0. The van der Waals surface area contributed by atoms with Gasteiger partial charge in [0.25, 0.3) is 0 Å². The molecule has 0 bridgehead atoms. The van der Waals surface area contributed by atoms with E-state index in [2.05, 4.69) is 0 Å².